The average molecular weight is 415 g/mol. The summed E-state index contributed by atoms with van der Waals surface area (Å²) in [4.78, 5) is 27.9. The molecule has 0 atom stereocenters. The quantitative estimate of drug-likeness (QED) is 0.569. The van der Waals surface area contributed by atoms with Crippen molar-refractivity contribution >= 4 is 29.2 Å². The van der Waals surface area contributed by atoms with Gasteiger partial charge in [-0.05, 0) is 37.3 Å². The molecule has 1 heterocycles. The third-order valence-corrected chi connectivity index (χ3v) is 4.09. The topological polar surface area (TPSA) is 95.3 Å². The number of carbonyl (C=O) groups excluding carboxylic acids is 2. The van der Waals surface area contributed by atoms with Gasteiger partial charge < -0.3 is 14.8 Å². The molecule has 0 aliphatic heterocycles. The van der Waals surface area contributed by atoms with Crippen LogP contribution in [0.1, 0.15) is 12.0 Å². The highest BCUT2D eigenvalue weighted by molar-refractivity contribution is 6.31. The molecule has 0 radical (unpaired) electrons. The maximum atomic E-state index is 12.2. The van der Waals surface area contributed by atoms with Crippen molar-refractivity contribution in [3.63, 3.8) is 0 Å². The summed E-state index contributed by atoms with van der Waals surface area (Å²) in [6.07, 6.45) is 2.90. The number of benzene rings is 2. The number of aryl methyl sites for hydroxylation is 1. The van der Waals surface area contributed by atoms with Gasteiger partial charge in [-0.3, -0.25) is 9.59 Å². The first-order valence-corrected chi connectivity index (χ1v) is 9.18. The summed E-state index contributed by atoms with van der Waals surface area (Å²) in [5, 5.41) is 7.13. The van der Waals surface area contributed by atoms with E-state index in [1.165, 1.54) is 17.3 Å². The van der Waals surface area contributed by atoms with E-state index in [0.717, 1.165) is 5.56 Å². The molecule has 1 amide bonds. The van der Waals surface area contributed by atoms with E-state index in [2.05, 4.69) is 15.4 Å². The molecular formula is C20H19ClN4O4. The number of hydrogen-bond donors (Lipinski definition) is 1. The molecule has 0 saturated carbocycles. The lowest BCUT2D eigenvalue weighted by molar-refractivity contribution is -0.147. The number of nitrogens with zero attached hydrogens (tertiary/aromatic N) is 3. The van der Waals surface area contributed by atoms with E-state index in [9.17, 15) is 9.59 Å². The second kappa shape index (κ2) is 9.70. The van der Waals surface area contributed by atoms with Crippen LogP contribution < -0.4 is 10.1 Å². The number of nitrogens with one attached hydrogen (secondary N) is 1. The minimum absolute atomic E-state index is 0.0303. The molecule has 0 fully saturated rings. The highest BCUT2D eigenvalue weighted by Gasteiger charge is 2.12. The van der Waals surface area contributed by atoms with Crippen LogP contribution in [0.4, 0.5) is 5.69 Å². The van der Waals surface area contributed by atoms with Crippen LogP contribution in [0.2, 0.25) is 5.02 Å². The zero-order chi connectivity index (χ0) is 20.6. The molecule has 8 nitrogen and oxygen atoms in total. The number of halogens is 1. The largest absolute Gasteiger partial charge is 0.493 e. The standard InChI is InChI=1S/C20H19ClN4O4/c1-14-2-5-16(6-3-14)28-9-8-20(27)29-11-19(26)24-17-10-15(21)4-7-18(17)25-13-22-12-23-25/h2-7,10,12-13H,8-9,11H2,1H3,(H,24,26). The fraction of sp³-hybridized carbons (Fsp3) is 0.200. The van der Waals surface area contributed by atoms with Crippen molar-refractivity contribution in [2.24, 2.45) is 0 Å². The van der Waals surface area contributed by atoms with Crippen molar-refractivity contribution in [3.05, 3.63) is 65.7 Å². The number of hydrogen-bond acceptors (Lipinski definition) is 6. The molecule has 9 heteroatoms. The monoisotopic (exact) mass is 414 g/mol. The molecular weight excluding hydrogens is 396 g/mol. The lowest BCUT2D eigenvalue weighted by Gasteiger charge is -2.12. The van der Waals surface area contributed by atoms with Crippen LogP contribution in [0.25, 0.3) is 5.69 Å². The lowest BCUT2D eigenvalue weighted by Crippen LogP contribution is -2.22. The van der Waals surface area contributed by atoms with Crippen LogP contribution in [0.5, 0.6) is 5.75 Å². The van der Waals surface area contributed by atoms with Crippen molar-refractivity contribution in [1.29, 1.82) is 0 Å². The zero-order valence-electron chi connectivity index (χ0n) is 15.7. The summed E-state index contributed by atoms with van der Waals surface area (Å²) in [5.74, 6) is -0.362. The lowest BCUT2D eigenvalue weighted by atomic mass is 10.2. The molecule has 0 saturated heterocycles. The molecule has 0 aliphatic rings. The maximum absolute atomic E-state index is 12.2. The third-order valence-electron chi connectivity index (χ3n) is 3.86. The molecule has 0 spiro atoms. The minimum atomic E-state index is -0.533. The van der Waals surface area contributed by atoms with E-state index in [4.69, 9.17) is 21.1 Å². The predicted octanol–water partition coefficient (Wildman–Crippen LogP) is 3.18. The highest BCUT2D eigenvalue weighted by Crippen LogP contribution is 2.23. The first-order valence-electron chi connectivity index (χ1n) is 8.81. The summed E-state index contributed by atoms with van der Waals surface area (Å²) >= 11 is 6.01. The fourth-order valence-electron chi connectivity index (χ4n) is 2.43. The molecule has 1 aromatic heterocycles. The van der Waals surface area contributed by atoms with E-state index in [-0.39, 0.29) is 13.0 Å². The van der Waals surface area contributed by atoms with Gasteiger partial charge in [0.2, 0.25) is 0 Å². The molecule has 150 valence electrons. The summed E-state index contributed by atoms with van der Waals surface area (Å²) < 4.78 is 12.0. The Bertz CT molecular complexity index is 975. The smallest absolute Gasteiger partial charge is 0.309 e. The molecule has 29 heavy (non-hydrogen) atoms. The van der Waals surface area contributed by atoms with Gasteiger partial charge in [-0.1, -0.05) is 29.3 Å². The van der Waals surface area contributed by atoms with Gasteiger partial charge in [-0.25, -0.2) is 9.67 Å². The third kappa shape index (κ3) is 6.05. The normalized spacial score (nSPS) is 10.4. The van der Waals surface area contributed by atoms with Gasteiger partial charge >= 0.3 is 5.97 Å². The van der Waals surface area contributed by atoms with Gasteiger partial charge in [0.1, 0.15) is 18.4 Å². The fourth-order valence-corrected chi connectivity index (χ4v) is 2.60. The van der Waals surface area contributed by atoms with Gasteiger partial charge in [0, 0.05) is 5.02 Å². The Balaban J connectivity index is 1.47. The van der Waals surface area contributed by atoms with Gasteiger partial charge in [-0.15, -0.1) is 0 Å². The first-order chi connectivity index (χ1) is 14.0. The molecule has 0 bridgehead atoms. The van der Waals surface area contributed by atoms with Crippen molar-refractivity contribution in [2.45, 2.75) is 13.3 Å². The molecule has 3 rings (SSSR count). The van der Waals surface area contributed by atoms with Crippen molar-refractivity contribution in [2.75, 3.05) is 18.5 Å². The number of aromatic nitrogens is 3. The average Bonchev–Trinajstić information content (AvgIpc) is 3.23. The van der Waals surface area contributed by atoms with Crippen LogP contribution in [-0.4, -0.2) is 39.9 Å². The van der Waals surface area contributed by atoms with Gasteiger partial charge in [0.05, 0.1) is 24.4 Å². The Morgan fingerprint density at radius 1 is 1.17 bits per heavy atom. The van der Waals surface area contributed by atoms with Crippen LogP contribution >= 0.6 is 11.6 Å². The Labute approximate surface area is 172 Å². The Morgan fingerprint density at radius 2 is 1.97 bits per heavy atom. The summed E-state index contributed by atoms with van der Waals surface area (Å²) in [6.45, 7) is 1.71. The predicted molar refractivity (Wildman–Crippen MR) is 107 cm³/mol. The summed E-state index contributed by atoms with van der Waals surface area (Å²) in [7, 11) is 0. The highest BCUT2D eigenvalue weighted by atomic mass is 35.5. The van der Waals surface area contributed by atoms with E-state index < -0.39 is 18.5 Å². The number of esters is 1. The van der Waals surface area contributed by atoms with E-state index in [0.29, 0.717) is 22.1 Å². The van der Waals surface area contributed by atoms with Crippen molar-refractivity contribution in [1.82, 2.24) is 14.8 Å². The Hall–Kier alpha value is -3.39. The summed E-state index contributed by atoms with van der Waals surface area (Å²) in [6, 6.07) is 12.4. The number of carbonyl (C=O) groups is 2. The van der Waals surface area contributed by atoms with Gasteiger partial charge in [0.25, 0.3) is 5.91 Å². The minimum Gasteiger partial charge on any atom is -0.493 e. The molecule has 2 aromatic carbocycles. The van der Waals surface area contributed by atoms with Crippen molar-refractivity contribution in [3.8, 4) is 11.4 Å². The number of amides is 1. The Morgan fingerprint density at radius 3 is 2.69 bits per heavy atom. The second-order valence-electron chi connectivity index (χ2n) is 6.12. The van der Waals surface area contributed by atoms with Gasteiger partial charge in [-0.2, -0.15) is 5.10 Å². The molecule has 0 unspecified atom stereocenters. The van der Waals surface area contributed by atoms with E-state index in [1.807, 2.05) is 31.2 Å². The van der Waals surface area contributed by atoms with Crippen molar-refractivity contribution < 1.29 is 19.1 Å². The van der Waals surface area contributed by atoms with Gasteiger partial charge in [0.15, 0.2) is 6.61 Å². The Kier molecular flexibility index (Phi) is 6.80. The van der Waals surface area contributed by atoms with Crippen LogP contribution in [0, 0.1) is 6.92 Å². The van der Waals surface area contributed by atoms with Crippen LogP contribution in [0.3, 0.4) is 0 Å². The molecule has 1 N–H and O–H groups in total. The summed E-state index contributed by atoms with van der Waals surface area (Å²) in [5.41, 5.74) is 2.12. The molecule has 0 aliphatic carbocycles. The van der Waals surface area contributed by atoms with E-state index in [1.54, 1.807) is 18.2 Å². The maximum Gasteiger partial charge on any atom is 0.309 e. The SMILES string of the molecule is Cc1ccc(OCCC(=O)OCC(=O)Nc2cc(Cl)ccc2-n2cncn2)cc1. The van der Waals surface area contributed by atoms with E-state index >= 15 is 0 Å². The van der Waals surface area contributed by atoms with Crippen LogP contribution in [0.15, 0.2) is 55.1 Å². The van der Waals surface area contributed by atoms with Crippen LogP contribution in [-0.2, 0) is 14.3 Å². The molecule has 3 aromatic rings. The zero-order valence-corrected chi connectivity index (χ0v) is 16.4. The first kappa shape index (κ1) is 20.3. The number of rotatable bonds is 8. The number of anilines is 1. The number of ether oxygens (including phenoxy) is 2. The second-order valence-corrected chi connectivity index (χ2v) is 6.56.